The van der Waals surface area contributed by atoms with Crippen LogP contribution in [-0.4, -0.2) is 24.0 Å². The Morgan fingerprint density at radius 3 is 2.23 bits per heavy atom. The Balaban J connectivity index is 3.56. The van der Waals surface area contributed by atoms with E-state index >= 15 is 0 Å². The Bertz CT molecular complexity index is 577. The van der Waals surface area contributed by atoms with Gasteiger partial charge in [0.1, 0.15) is 0 Å². The molecule has 0 radical (unpaired) electrons. The minimum Gasteiger partial charge on any atom is -0.369 e. The molecule has 0 spiro atoms. The summed E-state index contributed by atoms with van der Waals surface area (Å²) in [5, 5.41) is 18.6. The average Bonchev–Trinajstić information content (AvgIpc) is 2.46. The standard InChI is InChI=1S/C13H19N5O4/c1-4-8-6-10(18(20)21)7-9(5-2)11(8)17(12(14)15)13(19)16-22-3/h6-7H,4-5H2,1-3H3,(H3,14,15)(H,16,19). The number of nitrogens with zero attached hydrogens (tertiary/aromatic N) is 2. The number of hydrogen-bond acceptors (Lipinski definition) is 5. The third kappa shape index (κ3) is 3.50. The molecule has 4 N–H and O–H groups in total. The molecule has 0 bridgehead atoms. The molecule has 120 valence electrons. The van der Waals surface area contributed by atoms with Crippen LogP contribution in [-0.2, 0) is 17.7 Å². The smallest absolute Gasteiger partial charge is 0.352 e. The quantitative estimate of drug-likeness (QED) is 0.329. The van der Waals surface area contributed by atoms with Gasteiger partial charge in [-0.05, 0) is 24.0 Å². The lowest BCUT2D eigenvalue weighted by Crippen LogP contribution is -2.47. The van der Waals surface area contributed by atoms with E-state index in [0.29, 0.717) is 29.7 Å². The predicted octanol–water partition coefficient (Wildman–Crippen LogP) is 1.69. The third-order valence-corrected chi connectivity index (χ3v) is 3.08. The van der Waals surface area contributed by atoms with E-state index in [1.54, 1.807) is 13.8 Å². The van der Waals surface area contributed by atoms with Crippen molar-refractivity contribution in [3.8, 4) is 0 Å². The van der Waals surface area contributed by atoms with Gasteiger partial charge in [0.2, 0.25) is 5.96 Å². The maximum absolute atomic E-state index is 12.1. The van der Waals surface area contributed by atoms with Crippen LogP contribution in [0.4, 0.5) is 16.2 Å². The number of rotatable bonds is 5. The van der Waals surface area contributed by atoms with Gasteiger partial charge in [-0.1, -0.05) is 13.8 Å². The number of nitrogens with one attached hydrogen (secondary N) is 2. The van der Waals surface area contributed by atoms with E-state index in [9.17, 15) is 14.9 Å². The number of anilines is 1. The van der Waals surface area contributed by atoms with Crippen molar-refractivity contribution in [2.75, 3.05) is 12.0 Å². The topological polar surface area (TPSA) is 135 Å². The molecule has 9 heteroatoms. The highest BCUT2D eigenvalue weighted by molar-refractivity contribution is 6.14. The van der Waals surface area contributed by atoms with E-state index in [1.165, 1.54) is 19.2 Å². The number of hydrogen-bond donors (Lipinski definition) is 3. The molecule has 0 aromatic heterocycles. The molecule has 2 amide bonds. The van der Waals surface area contributed by atoms with Gasteiger partial charge in [0, 0.05) is 12.1 Å². The third-order valence-electron chi connectivity index (χ3n) is 3.08. The van der Waals surface area contributed by atoms with E-state index in [2.05, 4.69) is 10.3 Å². The zero-order valence-electron chi connectivity index (χ0n) is 12.7. The second-order valence-electron chi connectivity index (χ2n) is 4.41. The largest absolute Gasteiger partial charge is 0.369 e. The van der Waals surface area contributed by atoms with Crippen molar-refractivity contribution in [1.29, 1.82) is 5.41 Å². The van der Waals surface area contributed by atoms with Gasteiger partial charge >= 0.3 is 6.03 Å². The van der Waals surface area contributed by atoms with Crippen LogP contribution in [0.2, 0.25) is 0 Å². The summed E-state index contributed by atoms with van der Waals surface area (Å²) in [5.41, 5.74) is 9.01. The summed E-state index contributed by atoms with van der Waals surface area (Å²) in [7, 11) is 1.26. The van der Waals surface area contributed by atoms with E-state index < -0.39 is 16.9 Å². The maximum atomic E-state index is 12.1. The number of carbonyl (C=O) groups is 1. The van der Waals surface area contributed by atoms with Crippen LogP contribution in [0.3, 0.4) is 0 Å². The first-order chi connectivity index (χ1) is 10.4. The van der Waals surface area contributed by atoms with Crippen LogP contribution >= 0.6 is 0 Å². The highest BCUT2D eigenvalue weighted by atomic mass is 16.6. The van der Waals surface area contributed by atoms with Crippen molar-refractivity contribution < 1.29 is 14.6 Å². The zero-order valence-corrected chi connectivity index (χ0v) is 12.7. The number of benzene rings is 1. The number of nitro groups is 1. The monoisotopic (exact) mass is 309 g/mol. The van der Waals surface area contributed by atoms with Gasteiger partial charge in [0.25, 0.3) is 5.69 Å². The van der Waals surface area contributed by atoms with Crippen LogP contribution in [0.15, 0.2) is 12.1 Å². The van der Waals surface area contributed by atoms with Crippen molar-refractivity contribution in [2.45, 2.75) is 26.7 Å². The van der Waals surface area contributed by atoms with Crippen LogP contribution in [0.25, 0.3) is 0 Å². The summed E-state index contributed by atoms with van der Waals surface area (Å²) in [6.45, 7) is 3.60. The molecule has 9 nitrogen and oxygen atoms in total. The molecule has 0 atom stereocenters. The number of hydroxylamine groups is 1. The fraction of sp³-hybridized carbons (Fsp3) is 0.385. The van der Waals surface area contributed by atoms with Crippen LogP contribution in [0.1, 0.15) is 25.0 Å². The molecule has 0 saturated heterocycles. The highest BCUT2D eigenvalue weighted by Gasteiger charge is 2.26. The minimum absolute atomic E-state index is 0.0619. The first-order valence-corrected chi connectivity index (χ1v) is 6.64. The van der Waals surface area contributed by atoms with Gasteiger partial charge in [0.15, 0.2) is 0 Å². The zero-order chi connectivity index (χ0) is 16.9. The average molecular weight is 309 g/mol. The normalized spacial score (nSPS) is 10.1. The summed E-state index contributed by atoms with van der Waals surface area (Å²) in [6, 6.07) is 2.02. The summed E-state index contributed by atoms with van der Waals surface area (Å²) in [6.07, 6.45) is 0.877. The first-order valence-electron chi connectivity index (χ1n) is 6.64. The fourth-order valence-electron chi connectivity index (χ4n) is 2.14. The Kier molecular flexibility index (Phi) is 5.81. The number of urea groups is 1. The number of nitro benzene ring substituents is 1. The molecule has 0 unspecified atom stereocenters. The predicted molar refractivity (Wildman–Crippen MR) is 81.8 cm³/mol. The number of guanidine groups is 1. The summed E-state index contributed by atoms with van der Waals surface area (Å²) in [4.78, 5) is 28.1. The number of carbonyl (C=O) groups excluding carboxylic acids is 1. The Morgan fingerprint density at radius 1 is 1.41 bits per heavy atom. The molecule has 0 saturated carbocycles. The summed E-state index contributed by atoms with van der Waals surface area (Å²) >= 11 is 0. The second kappa shape index (κ2) is 7.36. The fourth-order valence-corrected chi connectivity index (χ4v) is 2.14. The lowest BCUT2D eigenvalue weighted by atomic mass is 10.0. The Labute approximate surface area is 127 Å². The number of aryl methyl sites for hydroxylation is 2. The molecule has 1 aromatic rings. The highest BCUT2D eigenvalue weighted by Crippen LogP contribution is 2.31. The lowest BCUT2D eigenvalue weighted by molar-refractivity contribution is -0.385. The number of nitrogens with two attached hydrogens (primary N) is 1. The molecule has 22 heavy (non-hydrogen) atoms. The molecule has 0 aliphatic heterocycles. The van der Waals surface area contributed by atoms with Crippen molar-refractivity contribution in [2.24, 2.45) is 5.73 Å². The summed E-state index contributed by atoms with van der Waals surface area (Å²) < 4.78 is 0. The molecule has 0 heterocycles. The van der Waals surface area contributed by atoms with E-state index in [0.717, 1.165) is 4.90 Å². The molecule has 0 aliphatic carbocycles. The van der Waals surface area contributed by atoms with Gasteiger partial charge in [-0.2, -0.15) is 0 Å². The molecule has 1 rings (SSSR count). The van der Waals surface area contributed by atoms with Gasteiger partial charge in [-0.15, -0.1) is 0 Å². The SMILES string of the molecule is CCc1cc([N+](=O)[O-])cc(CC)c1N(C(=N)N)C(=O)NOC. The second-order valence-corrected chi connectivity index (χ2v) is 4.41. The number of non-ortho nitro benzene ring substituents is 1. The van der Waals surface area contributed by atoms with Crippen molar-refractivity contribution >= 4 is 23.4 Å². The lowest BCUT2D eigenvalue weighted by Gasteiger charge is -2.25. The van der Waals surface area contributed by atoms with Gasteiger partial charge in [-0.25, -0.2) is 15.2 Å². The molecular weight excluding hydrogens is 290 g/mol. The van der Waals surface area contributed by atoms with E-state index in [-0.39, 0.29) is 5.69 Å². The van der Waals surface area contributed by atoms with Crippen LogP contribution in [0.5, 0.6) is 0 Å². The van der Waals surface area contributed by atoms with E-state index in [4.69, 9.17) is 11.1 Å². The molecular formula is C13H19N5O4. The minimum atomic E-state index is -0.742. The van der Waals surface area contributed by atoms with E-state index in [1.807, 2.05) is 0 Å². The number of amides is 2. The van der Waals surface area contributed by atoms with Gasteiger partial charge in [0.05, 0.1) is 17.7 Å². The Hall–Kier alpha value is -2.68. The molecule has 0 aliphatic rings. The Morgan fingerprint density at radius 2 is 1.91 bits per heavy atom. The summed E-state index contributed by atoms with van der Waals surface area (Å²) in [5.74, 6) is -0.507. The molecule has 0 fully saturated rings. The van der Waals surface area contributed by atoms with Gasteiger partial charge in [-0.3, -0.25) is 20.4 Å². The van der Waals surface area contributed by atoms with Crippen LogP contribution in [0, 0.1) is 15.5 Å². The van der Waals surface area contributed by atoms with Crippen molar-refractivity contribution in [1.82, 2.24) is 5.48 Å². The maximum Gasteiger partial charge on any atom is 0.352 e. The van der Waals surface area contributed by atoms with Gasteiger partial charge < -0.3 is 5.73 Å². The molecule has 1 aromatic carbocycles. The van der Waals surface area contributed by atoms with Crippen molar-refractivity contribution in [3.05, 3.63) is 33.4 Å². The first kappa shape index (κ1) is 17.4. The van der Waals surface area contributed by atoms with Crippen molar-refractivity contribution in [3.63, 3.8) is 0 Å². The van der Waals surface area contributed by atoms with Crippen LogP contribution < -0.4 is 16.1 Å².